The quantitative estimate of drug-likeness (QED) is 0.435. The lowest BCUT2D eigenvalue weighted by atomic mass is 9.92. The summed E-state index contributed by atoms with van der Waals surface area (Å²) in [5, 5.41) is 6.29. The van der Waals surface area contributed by atoms with Gasteiger partial charge < -0.3 is 24.8 Å². The molecule has 0 bridgehead atoms. The van der Waals surface area contributed by atoms with Crippen molar-refractivity contribution in [1.82, 2.24) is 10.3 Å². The first-order valence-corrected chi connectivity index (χ1v) is 11.0. The lowest BCUT2D eigenvalue weighted by molar-refractivity contribution is -0.126. The molecule has 0 radical (unpaired) electrons. The van der Waals surface area contributed by atoms with Gasteiger partial charge in [0.05, 0.1) is 19.7 Å². The summed E-state index contributed by atoms with van der Waals surface area (Å²) in [6, 6.07) is 12.3. The van der Waals surface area contributed by atoms with Crippen molar-refractivity contribution >= 4 is 28.4 Å². The van der Waals surface area contributed by atoms with E-state index in [1.54, 1.807) is 56.8 Å². The molecule has 180 valence electrons. The van der Waals surface area contributed by atoms with Gasteiger partial charge in [0.25, 0.3) is 0 Å². The third-order valence-electron chi connectivity index (χ3n) is 5.09. The lowest BCUT2D eigenvalue weighted by Gasteiger charge is -2.17. The number of anilines is 1. The van der Waals surface area contributed by atoms with Gasteiger partial charge in [0, 0.05) is 29.9 Å². The first-order valence-electron chi connectivity index (χ1n) is 11.0. The SMILES string of the molecule is COc1cc2nccc(Oc3ccc(NC(=O)CC(=O)NCCC(C)(C)C)cc3)c2cc1OC. The van der Waals surface area contributed by atoms with Gasteiger partial charge in [-0.15, -0.1) is 0 Å². The Kier molecular flexibility index (Phi) is 7.94. The molecule has 2 amide bonds. The maximum absolute atomic E-state index is 12.2. The van der Waals surface area contributed by atoms with Gasteiger partial charge in [-0.1, -0.05) is 20.8 Å². The summed E-state index contributed by atoms with van der Waals surface area (Å²) in [5.74, 6) is 1.69. The summed E-state index contributed by atoms with van der Waals surface area (Å²) in [6.45, 7) is 6.85. The van der Waals surface area contributed by atoms with E-state index >= 15 is 0 Å². The number of pyridine rings is 1. The first kappa shape index (κ1) is 24.8. The van der Waals surface area contributed by atoms with Crippen LogP contribution in [0.15, 0.2) is 48.7 Å². The number of benzene rings is 2. The van der Waals surface area contributed by atoms with E-state index in [1.165, 1.54) is 0 Å². The van der Waals surface area contributed by atoms with Gasteiger partial charge >= 0.3 is 0 Å². The fourth-order valence-corrected chi connectivity index (χ4v) is 3.26. The Morgan fingerprint density at radius 1 is 0.912 bits per heavy atom. The molecule has 3 rings (SSSR count). The number of amides is 2. The zero-order valence-corrected chi connectivity index (χ0v) is 20.2. The van der Waals surface area contributed by atoms with E-state index in [-0.39, 0.29) is 23.7 Å². The fourth-order valence-electron chi connectivity index (χ4n) is 3.26. The molecule has 3 aromatic rings. The molecule has 0 fully saturated rings. The zero-order valence-electron chi connectivity index (χ0n) is 20.2. The lowest BCUT2D eigenvalue weighted by Crippen LogP contribution is -2.30. The van der Waals surface area contributed by atoms with Crippen molar-refractivity contribution in [1.29, 1.82) is 0 Å². The smallest absolute Gasteiger partial charge is 0.233 e. The van der Waals surface area contributed by atoms with Crippen LogP contribution < -0.4 is 24.8 Å². The molecule has 0 spiro atoms. The summed E-state index contributed by atoms with van der Waals surface area (Å²) in [5.41, 5.74) is 1.41. The minimum Gasteiger partial charge on any atom is -0.493 e. The molecular weight excluding hydrogens is 434 g/mol. The molecule has 0 unspecified atom stereocenters. The van der Waals surface area contributed by atoms with Crippen LogP contribution in [-0.2, 0) is 9.59 Å². The van der Waals surface area contributed by atoms with Crippen LogP contribution in [0.2, 0.25) is 0 Å². The molecule has 0 aliphatic rings. The molecule has 34 heavy (non-hydrogen) atoms. The summed E-state index contributed by atoms with van der Waals surface area (Å²) in [7, 11) is 3.15. The second kappa shape index (κ2) is 10.9. The minimum absolute atomic E-state index is 0.126. The fraction of sp³-hybridized carbons (Fsp3) is 0.346. The second-order valence-corrected chi connectivity index (χ2v) is 9.05. The molecule has 0 aliphatic carbocycles. The molecule has 2 N–H and O–H groups in total. The largest absolute Gasteiger partial charge is 0.493 e. The average molecular weight is 466 g/mol. The van der Waals surface area contributed by atoms with E-state index in [2.05, 4.69) is 36.4 Å². The van der Waals surface area contributed by atoms with Crippen LogP contribution in [-0.4, -0.2) is 37.6 Å². The number of hydrogen-bond acceptors (Lipinski definition) is 6. The number of carbonyl (C=O) groups is 2. The number of aromatic nitrogens is 1. The third kappa shape index (κ3) is 6.84. The summed E-state index contributed by atoms with van der Waals surface area (Å²) in [6.07, 6.45) is 2.27. The first-order chi connectivity index (χ1) is 16.2. The highest BCUT2D eigenvalue weighted by Crippen LogP contribution is 2.37. The third-order valence-corrected chi connectivity index (χ3v) is 5.09. The molecule has 1 heterocycles. The molecule has 0 atom stereocenters. The standard InChI is InChI=1S/C26H31N3O5/c1-26(2,3)11-13-28-24(30)16-25(31)29-17-6-8-18(9-7-17)34-21-10-12-27-20-15-23(33-5)22(32-4)14-19(20)21/h6-10,12,14-15H,11,13,16H2,1-5H3,(H,28,30)(H,29,31). The van der Waals surface area contributed by atoms with Gasteiger partial charge in [0.1, 0.15) is 17.9 Å². The summed E-state index contributed by atoms with van der Waals surface area (Å²) >= 11 is 0. The average Bonchev–Trinajstić information content (AvgIpc) is 2.78. The molecule has 0 saturated carbocycles. The molecule has 2 aromatic carbocycles. The van der Waals surface area contributed by atoms with Crippen molar-refractivity contribution in [2.24, 2.45) is 5.41 Å². The number of hydrogen-bond donors (Lipinski definition) is 2. The number of rotatable bonds is 9. The molecule has 0 aliphatic heterocycles. The molecule has 1 aromatic heterocycles. The van der Waals surface area contributed by atoms with Crippen molar-refractivity contribution in [3.8, 4) is 23.0 Å². The van der Waals surface area contributed by atoms with Crippen molar-refractivity contribution in [2.75, 3.05) is 26.1 Å². The van der Waals surface area contributed by atoms with Gasteiger partial charge in [0.2, 0.25) is 11.8 Å². The van der Waals surface area contributed by atoms with Crippen LogP contribution in [0.3, 0.4) is 0 Å². The maximum Gasteiger partial charge on any atom is 0.233 e. The summed E-state index contributed by atoms with van der Waals surface area (Å²) < 4.78 is 16.8. The highest BCUT2D eigenvalue weighted by Gasteiger charge is 2.14. The van der Waals surface area contributed by atoms with E-state index in [0.29, 0.717) is 40.7 Å². The zero-order chi connectivity index (χ0) is 24.7. The van der Waals surface area contributed by atoms with Crippen LogP contribution in [0.5, 0.6) is 23.0 Å². The Balaban J connectivity index is 1.61. The predicted molar refractivity (Wildman–Crippen MR) is 132 cm³/mol. The van der Waals surface area contributed by atoms with Crippen molar-refractivity contribution in [3.05, 3.63) is 48.7 Å². The molecule has 8 nitrogen and oxygen atoms in total. The Bertz CT molecular complexity index is 1150. The number of fused-ring (bicyclic) bond motifs is 1. The number of nitrogens with one attached hydrogen (secondary N) is 2. The van der Waals surface area contributed by atoms with Crippen LogP contribution in [0.25, 0.3) is 10.9 Å². The number of ether oxygens (including phenoxy) is 3. The van der Waals surface area contributed by atoms with Gasteiger partial charge in [-0.2, -0.15) is 0 Å². The van der Waals surface area contributed by atoms with Gasteiger partial charge in [0.15, 0.2) is 11.5 Å². The Hall–Kier alpha value is -3.81. The molecule has 8 heteroatoms. The van der Waals surface area contributed by atoms with Gasteiger partial charge in [-0.25, -0.2) is 0 Å². The highest BCUT2D eigenvalue weighted by molar-refractivity contribution is 6.03. The second-order valence-electron chi connectivity index (χ2n) is 9.05. The highest BCUT2D eigenvalue weighted by atomic mass is 16.5. The monoisotopic (exact) mass is 465 g/mol. The topological polar surface area (TPSA) is 98.8 Å². The Labute approximate surface area is 199 Å². The normalized spacial score (nSPS) is 11.1. The van der Waals surface area contributed by atoms with Crippen LogP contribution >= 0.6 is 0 Å². The Morgan fingerprint density at radius 3 is 2.24 bits per heavy atom. The molecular formula is C26H31N3O5. The number of nitrogens with zero attached hydrogens (tertiary/aromatic N) is 1. The van der Waals surface area contributed by atoms with Crippen molar-refractivity contribution in [3.63, 3.8) is 0 Å². The van der Waals surface area contributed by atoms with E-state index in [1.807, 2.05) is 6.07 Å². The van der Waals surface area contributed by atoms with Gasteiger partial charge in [-0.3, -0.25) is 14.6 Å². The van der Waals surface area contributed by atoms with Crippen molar-refractivity contribution in [2.45, 2.75) is 33.6 Å². The van der Waals surface area contributed by atoms with Crippen molar-refractivity contribution < 1.29 is 23.8 Å². The molecule has 0 saturated heterocycles. The number of methoxy groups -OCH3 is 2. The predicted octanol–water partition coefficient (Wildman–Crippen LogP) is 4.93. The van der Waals surface area contributed by atoms with E-state index < -0.39 is 0 Å². The van der Waals surface area contributed by atoms with Gasteiger partial charge in [-0.05, 0) is 48.2 Å². The number of carbonyl (C=O) groups excluding carboxylic acids is 2. The van der Waals surface area contributed by atoms with E-state index in [0.717, 1.165) is 11.8 Å². The van der Waals surface area contributed by atoms with Crippen LogP contribution in [0.4, 0.5) is 5.69 Å². The van der Waals surface area contributed by atoms with Crippen LogP contribution in [0, 0.1) is 5.41 Å². The van der Waals surface area contributed by atoms with E-state index in [9.17, 15) is 9.59 Å². The summed E-state index contributed by atoms with van der Waals surface area (Å²) in [4.78, 5) is 28.5. The Morgan fingerprint density at radius 2 is 1.59 bits per heavy atom. The van der Waals surface area contributed by atoms with Crippen LogP contribution in [0.1, 0.15) is 33.6 Å². The maximum atomic E-state index is 12.2. The minimum atomic E-state index is -0.372. The van der Waals surface area contributed by atoms with E-state index in [4.69, 9.17) is 14.2 Å².